The molecule has 0 bridgehead atoms. The Hall–Kier alpha value is -0.640. The first-order valence-corrected chi connectivity index (χ1v) is 6.47. The van der Waals surface area contributed by atoms with Gasteiger partial charge in [-0.25, -0.2) is 4.39 Å². The van der Waals surface area contributed by atoms with Crippen molar-refractivity contribution in [1.29, 1.82) is 0 Å². The standard InChI is InChI=1S/C13H18ClFN2/c1-2-17(12-5-6-16-8-12)9-10-7-11(14)3-4-13(10)15/h3-4,7,12,16H,2,5-6,8-9H2,1H3. The zero-order valence-electron chi connectivity index (χ0n) is 10.0. The number of halogens is 2. The lowest BCUT2D eigenvalue weighted by Crippen LogP contribution is -2.36. The monoisotopic (exact) mass is 256 g/mol. The molecule has 0 saturated carbocycles. The van der Waals surface area contributed by atoms with Gasteiger partial charge in [-0.3, -0.25) is 4.90 Å². The highest BCUT2D eigenvalue weighted by atomic mass is 35.5. The first-order valence-electron chi connectivity index (χ1n) is 6.09. The van der Waals surface area contributed by atoms with Gasteiger partial charge in [0, 0.05) is 29.7 Å². The summed E-state index contributed by atoms with van der Waals surface area (Å²) in [5, 5.41) is 3.94. The van der Waals surface area contributed by atoms with E-state index in [0.717, 1.165) is 26.1 Å². The lowest BCUT2D eigenvalue weighted by Gasteiger charge is -2.27. The Morgan fingerprint density at radius 2 is 2.35 bits per heavy atom. The maximum Gasteiger partial charge on any atom is 0.127 e. The highest BCUT2D eigenvalue weighted by Gasteiger charge is 2.21. The average molecular weight is 257 g/mol. The first kappa shape index (κ1) is 12.8. The smallest absolute Gasteiger partial charge is 0.127 e. The lowest BCUT2D eigenvalue weighted by atomic mass is 10.1. The van der Waals surface area contributed by atoms with E-state index >= 15 is 0 Å². The van der Waals surface area contributed by atoms with E-state index in [1.54, 1.807) is 12.1 Å². The second-order valence-electron chi connectivity index (χ2n) is 4.45. The van der Waals surface area contributed by atoms with Gasteiger partial charge in [-0.05, 0) is 37.7 Å². The molecule has 0 aromatic heterocycles. The summed E-state index contributed by atoms with van der Waals surface area (Å²) in [5.74, 6) is -0.168. The molecule has 1 atom stereocenters. The van der Waals surface area contributed by atoms with Crippen LogP contribution in [0.1, 0.15) is 18.9 Å². The third kappa shape index (κ3) is 3.18. The van der Waals surface area contributed by atoms with Crippen molar-refractivity contribution in [3.63, 3.8) is 0 Å². The third-order valence-corrected chi connectivity index (χ3v) is 3.57. The molecule has 0 amide bonds. The van der Waals surface area contributed by atoms with Gasteiger partial charge in [0.25, 0.3) is 0 Å². The molecule has 1 fully saturated rings. The van der Waals surface area contributed by atoms with Crippen LogP contribution >= 0.6 is 11.6 Å². The van der Waals surface area contributed by atoms with Gasteiger partial charge in [0.05, 0.1) is 0 Å². The average Bonchev–Trinajstić information content (AvgIpc) is 2.84. The molecule has 1 aromatic carbocycles. The van der Waals surface area contributed by atoms with Crippen LogP contribution in [0, 0.1) is 5.82 Å². The minimum absolute atomic E-state index is 0.168. The SMILES string of the molecule is CCN(Cc1cc(Cl)ccc1F)C1CCNC1. The normalized spacial score (nSPS) is 20.1. The number of benzene rings is 1. The van der Waals surface area contributed by atoms with E-state index in [1.165, 1.54) is 6.07 Å². The molecule has 1 aliphatic heterocycles. The summed E-state index contributed by atoms with van der Waals surface area (Å²) in [6.45, 7) is 5.73. The van der Waals surface area contributed by atoms with Crippen LogP contribution in [0.2, 0.25) is 5.02 Å². The number of nitrogens with zero attached hydrogens (tertiary/aromatic N) is 1. The molecule has 0 spiro atoms. The van der Waals surface area contributed by atoms with E-state index in [9.17, 15) is 4.39 Å². The zero-order chi connectivity index (χ0) is 12.3. The second-order valence-corrected chi connectivity index (χ2v) is 4.88. The molecule has 4 heteroatoms. The van der Waals surface area contributed by atoms with Gasteiger partial charge in [-0.2, -0.15) is 0 Å². The number of hydrogen-bond acceptors (Lipinski definition) is 2. The van der Waals surface area contributed by atoms with Gasteiger partial charge in [0.1, 0.15) is 5.82 Å². The van der Waals surface area contributed by atoms with Crippen LogP contribution in [0.25, 0.3) is 0 Å². The molecule has 2 nitrogen and oxygen atoms in total. The van der Waals surface area contributed by atoms with Gasteiger partial charge >= 0.3 is 0 Å². The Labute approximate surface area is 107 Å². The van der Waals surface area contributed by atoms with Gasteiger partial charge in [0.2, 0.25) is 0 Å². The fraction of sp³-hybridized carbons (Fsp3) is 0.538. The molecule has 1 N–H and O–H groups in total. The van der Waals surface area contributed by atoms with E-state index < -0.39 is 0 Å². The molecule has 0 radical (unpaired) electrons. The fourth-order valence-corrected chi connectivity index (χ4v) is 2.53. The Balaban J connectivity index is 2.09. The van der Waals surface area contributed by atoms with Crippen molar-refractivity contribution in [2.24, 2.45) is 0 Å². The predicted octanol–water partition coefficient (Wildman–Crippen LogP) is 2.66. The molecule has 0 aliphatic carbocycles. The van der Waals surface area contributed by atoms with Crippen LogP contribution in [0.5, 0.6) is 0 Å². The molecule has 1 heterocycles. The Bertz CT molecular complexity index is 378. The van der Waals surface area contributed by atoms with Crippen LogP contribution in [0.4, 0.5) is 4.39 Å². The van der Waals surface area contributed by atoms with Crippen LogP contribution in [-0.4, -0.2) is 30.6 Å². The van der Waals surface area contributed by atoms with Gasteiger partial charge in [-0.1, -0.05) is 18.5 Å². The maximum absolute atomic E-state index is 13.7. The fourth-order valence-electron chi connectivity index (χ4n) is 2.33. The highest BCUT2D eigenvalue weighted by molar-refractivity contribution is 6.30. The largest absolute Gasteiger partial charge is 0.315 e. The molecule has 1 unspecified atom stereocenters. The molecule has 2 rings (SSSR count). The summed E-state index contributed by atoms with van der Waals surface area (Å²) in [6.07, 6.45) is 1.13. The van der Waals surface area contributed by atoms with Gasteiger partial charge in [0.15, 0.2) is 0 Å². The van der Waals surface area contributed by atoms with E-state index in [2.05, 4.69) is 17.1 Å². The quantitative estimate of drug-likeness (QED) is 0.891. The molecule has 1 aromatic rings. The van der Waals surface area contributed by atoms with Crippen LogP contribution in [0.3, 0.4) is 0 Å². The van der Waals surface area contributed by atoms with Crippen molar-refractivity contribution in [2.75, 3.05) is 19.6 Å². The lowest BCUT2D eigenvalue weighted by molar-refractivity contribution is 0.208. The zero-order valence-corrected chi connectivity index (χ0v) is 10.8. The number of rotatable bonds is 4. The predicted molar refractivity (Wildman–Crippen MR) is 68.8 cm³/mol. The minimum atomic E-state index is -0.168. The summed E-state index contributed by atoms with van der Waals surface area (Å²) in [6, 6.07) is 5.27. The molecular weight excluding hydrogens is 239 g/mol. The van der Waals surface area contributed by atoms with E-state index in [0.29, 0.717) is 23.2 Å². The molecule has 1 aliphatic rings. The van der Waals surface area contributed by atoms with E-state index in [-0.39, 0.29) is 5.82 Å². The molecule has 1 saturated heterocycles. The second kappa shape index (κ2) is 5.80. The van der Waals surface area contributed by atoms with Crippen molar-refractivity contribution < 1.29 is 4.39 Å². The summed E-state index contributed by atoms with van der Waals surface area (Å²) < 4.78 is 13.7. The topological polar surface area (TPSA) is 15.3 Å². The first-order chi connectivity index (χ1) is 8.20. The van der Waals surface area contributed by atoms with Crippen molar-refractivity contribution in [3.8, 4) is 0 Å². The summed E-state index contributed by atoms with van der Waals surface area (Å²) in [5.41, 5.74) is 0.686. The van der Waals surface area contributed by atoms with Crippen molar-refractivity contribution in [3.05, 3.63) is 34.6 Å². The Morgan fingerprint density at radius 1 is 1.53 bits per heavy atom. The van der Waals surface area contributed by atoms with Gasteiger partial charge in [-0.15, -0.1) is 0 Å². The Morgan fingerprint density at radius 3 is 3.00 bits per heavy atom. The van der Waals surface area contributed by atoms with Crippen molar-refractivity contribution in [1.82, 2.24) is 10.2 Å². The molecular formula is C13H18ClFN2. The van der Waals surface area contributed by atoms with Crippen LogP contribution < -0.4 is 5.32 Å². The van der Waals surface area contributed by atoms with E-state index in [4.69, 9.17) is 11.6 Å². The molecule has 94 valence electrons. The Kier molecular flexibility index (Phi) is 4.37. The van der Waals surface area contributed by atoms with Crippen molar-refractivity contribution >= 4 is 11.6 Å². The maximum atomic E-state index is 13.7. The summed E-state index contributed by atoms with van der Waals surface area (Å²) >= 11 is 5.91. The highest BCUT2D eigenvalue weighted by Crippen LogP contribution is 2.19. The number of hydrogen-bond donors (Lipinski definition) is 1. The third-order valence-electron chi connectivity index (χ3n) is 3.34. The minimum Gasteiger partial charge on any atom is -0.315 e. The summed E-state index contributed by atoms with van der Waals surface area (Å²) in [7, 11) is 0. The van der Waals surface area contributed by atoms with Gasteiger partial charge < -0.3 is 5.32 Å². The summed E-state index contributed by atoms with van der Waals surface area (Å²) in [4.78, 5) is 2.30. The number of likely N-dealkylation sites (N-methyl/N-ethyl adjacent to an activating group) is 1. The van der Waals surface area contributed by atoms with Crippen LogP contribution in [0.15, 0.2) is 18.2 Å². The number of nitrogens with one attached hydrogen (secondary N) is 1. The van der Waals surface area contributed by atoms with Crippen molar-refractivity contribution in [2.45, 2.75) is 25.9 Å². The molecule has 17 heavy (non-hydrogen) atoms. The van der Waals surface area contributed by atoms with Crippen LogP contribution in [-0.2, 0) is 6.54 Å². The van der Waals surface area contributed by atoms with E-state index in [1.807, 2.05) is 0 Å².